The second-order valence-corrected chi connectivity index (χ2v) is 6.94. The Morgan fingerprint density at radius 3 is 2.38 bits per heavy atom. The maximum absolute atomic E-state index is 2.72. The number of nitrogens with zero attached hydrogens (tertiary/aromatic N) is 3. The van der Waals surface area contributed by atoms with E-state index in [4.69, 9.17) is 0 Å². The largest absolute Gasteiger partial charge is 0.354 e. The van der Waals surface area contributed by atoms with E-state index < -0.39 is 0 Å². The first-order valence-electron chi connectivity index (χ1n) is 8.95. The summed E-state index contributed by atoms with van der Waals surface area (Å²) in [5, 5.41) is 0. The molecular formula is C18H31N3. The van der Waals surface area contributed by atoms with Gasteiger partial charge in [0.15, 0.2) is 0 Å². The molecule has 3 heterocycles. The van der Waals surface area contributed by atoms with Gasteiger partial charge in [-0.1, -0.05) is 6.42 Å². The van der Waals surface area contributed by atoms with Gasteiger partial charge in [-0.2, -0.15) is 0 Å². The predicted molar refractivity (Wildman–Crippen MR) is 88.5 cm³/mol. The molecule has 2 saturated heterocycles. The van der Waals surface area contributed by atoms with Crippen LogP contribution in [0.4, 0.5) is 0 Å². The summed E-state index contributed by atoms with van der Waals surface area (Å²) in [4.78, 5) is 5.43. The van der Waals surface area contributed by atoms with Gasteiger partial charge in [0.2, 0.25) is 0 Å². The van der Waals surface area contributed by atoms with Crippen LogP contribution in [0, 0.1) is 5.92 Å². The predicted octanol–water partition coefficient (Wildman–Crippen LogP) is 3.08. The molecule has 2 fully saturated rings. The van der Waals surface area contributed by atoms with Crippen LogP contribution in [0.5, 0.6) is 0 Å². The monoisotopic (exact) mass is 289 g/mol. The quantitative estimate of drug-likeness (QED) is 0.797. The Labute approximate surface area is 129 Å². The molecule has 1 atom stereocenters. The number of aryl methyl sites for hydroxylation is 1. The van der Waals surface area contributed by atoms with Gasteiger partial charge in [-0.25, -0.2) is 0 Å². The highest BCUT2D eigenvalue weighted by atomic mass is 15.2. The SMILES string of the molecule is c1ccn(CCCN2CCCC(CN3CCCCC3)C2)c1. The molecule has 1 aromatic heterocycles. The highest BCUT2D eigenvalue weighted by molar-refractivity contribution is 4.90. The third-order valence-electron chi connectivity index (χ3n) is 5.13. The molecule has 0 bridgehead atoms. The van der Waals surface area contributed by atoms with E-state index in [0.717, 1.165) is 5.92 Å². The fourth-order valence-corrected chi connectivity index (χ4v) is 4.01. The molecule has 0 N–H and O–H groups in total. The molecule has 0 radical (unpaired) electrons. The minimum Gasteiger partial charge on any atom is -0.354 e. The molecule has 0 spiro atoms. The van der Waals surface area contributed by atoms with Gasteiger partial charge in [0, 0.05) is 32.0 Å². The molecule has 2 aliphatic rings. The molecule has 118 valence electrons. The Balaban J connectivity index is 1.36. The molecule has 1 aromatic rings. The molecule has 21 heavy (non-hydrogen) atoms. The average Bonchev–Trinajstić information content (AvgIpc) is 3.02. The third kappa shape index (κ3) is 4.86. The Bertz CT molecular complexity index is 381. The Morgan fingerprint density at radius 1 is 0.810 bits per heavy atom. The molecule has 3 heteroatoms. The minimum atomic E-state index is 0.920. The van der Waals surface area contributed by atoms with Gasteiger partial charge in [0.1, 0.15) is 0 Å². The van der Waals surface area contributed by atoms with Crippen LogP contribution in [0.3, 0.4) is 0 Å². The van der Waals surface area contributed by atoms with E-state index in [2.05, 4.69) is 38.9 Å². The summed E-state index contributed by atoms with van der Waals surface area (Å²) in [7, 11) is 0. The van der Waals surface area contributed by atoms with Crippen molar-refractivity contribution in [2.75, 3.05) is 39.3 Å². The lowest BCUT2D eigenvalue weighted by Gasteiger charge is -2.36. The Morgan fingerprint density at radius 2 is 1.57 bits per heavy atom. The van der Waals surface area contributed by atoms with Crippen molar-refractivity contribution < 1.29 is 0 Å². The van der Waals surface area contributed by atoms with E-state index in [-0.39, 0.29) is 0 Å². The molecule has 0 saturated carbocycles. The van der Waals surface area contributed by atoms with Crippen molar-refractivity contribution in [2.45, 2.75) is 45.1 Å². The molecule has 0 aromatic carbocycles. The Hall–Kier alpha value is -0.800. The zero-order valence-electron chi connectivity index (χ0n) is 13.4. The van der Waals surface area contributed by atoms with Gasteiger partial charge in [-0.3, -0.25) is 0 Å². The van der Waals surface area contributed by atoms with Crippen molar-refractivity contribution in [2.24, 2.45) is 5.92 Å². The number of rotatable bonds is 6. The van der Waals surface area contributed by atoms with E-state index in [1.165, 1.54) is 84.3 Å². The molecule has 0 aliphatic carbocycles. The van der Waals surface area contributed by atoms with E-state index in [1.807, 2.05) is 0 Å². The van der Waals surface area contributed by atoms with Crippen LogP contribution in [-0.4, -0.2) is 53.6 Å². The average molecular weight is 289 g/mol. The second-order valence-electron chi connectivity index (χ2n) is 6.94. The lowest BCUT2D eigenvalue weighted by Crippen LogP contribution is -2.42. The van der Waals surface area contributed by atoms with Gasteiger partial charge >= 0.3 is 0 Å². The van der Waals surface area contributed by atoms with Gasteiger partial charge < -0.3 is 14.4 Å². The summed E-state index contributed by atoms with van der Waals surface area (Å²) in [5.74, 6) is 0.920. The van der Waals surface area contributed by atoms with Gasteiger partial charge in [0.05, 0.1) is 0 Å². The first-order chi connectivity index (χ1) is 10.4. The summed E-state index contributed by atoms with van der Waals surface area (Å²) in [6.07, 6.45) is 12.8. The van der Waals surface area contributed by atoms with Crippen LogP contribution in [0.15, 0.2) is 24.5 Å². The first kappa shape index (κ1) is 15.1. The van der Waals surface area contributed by atoms with Crippen molar-refractivity contribution in [3.8, 4) is 0 Å². The van der Waals surface area contributed by atoms with E-state index in [0.29, 0.717) is 0 Å². The number of hydrogen-bond donors (Lipinski definition) is 0. The lowest BCUT2D eigenvalue weighted by molar-refractivity contribution is 0.120. The molecular weight excluding hydrogens is 258 g/mol. The van der Waals surface area contributed by atoms with Crippen molar-refractivity contribution >= 4 is 0 Å². The number of piperidine rings is 2. The van der Waals surface area contributed by atoms with Crippen molar-refractivity contribution in [3.05, 3.63) is 24.5 Å². The highest BCUT2D eigenvalue weighted by Crippen LogP contribution is 2.20. The van der Waals surface area contributed by atoms with Crippen molar-refractivity contribution in [1.82, 2.24) is 14.4 Å². The zero-order valence-corrected chi connectivity index (χ0v) is 13.4. The first-order valence-corrected chi connectivity index (χ1v) is 8.95. The summed E-state index contributed by atoms with van der Waals surface area (Å²) in [6, 6.07) is 4.24. The number of likely N-dealkylation sites (tertiary alicyclic amines) is 2. The smallest absolute Gasteiger partial charge is 0.0231 e. The second kappa shape index (κ2) is 8.00. The van der Waals surface area contributed by atoms with Crippen LogP contribution in [-0.2, 0) is 6.54 Å². The summed E-state index contributed by atoms with van der Waals surface area (Å²) >= 11 is 0. The normalized spacial score (nSPS) is 25.2. The number of aromatic nitrogens is 1. The molecule has 3 rings (SSSR count). The molecule has 0 amide bonds. The maximum atomic E-state index is 2.72. The van der Waals surface area contributed by atoms with Crippen molar-refractivity contribution in [3.63, 3.8) is 0 Å². The van der Waals surface area contributed by atoms with Crippen LogP contribution >= 0.6 is 0 Å². The summed E-state index contributed by atoms with van der Waals surface area (Å²) < 4.78 is 2.30. The minimum absolute atomic E-state index is 0.920. The maximum Gasteiger partial charge on any atom is 0.0231 e. The third-order valence-corrected chi connectivity index (χ3v) is 5.13. The van der Waals surface area contributed by atoms with Gasteiger partial charge in [-0.05, 0) is 76.3 Å². The van der Waals surface area contributed by atoms with Crippen LogP contribution in [0.2, 0.25) is 0 Å². The topological polar surface area (TPSA) is 11.4 Å². The van der Waals surface area contributed by atoms with Crippen LogP contribution < -0.4 is 0 Å². The van der Waals surface area contributed by atoms with Gasteiger partial charge in [-0.15, -0.1) is 0 Å². The highest BCUT2D eigenvalue weighted by Gasteiger charge is 2.22. The van der Waals surface area contributed by atoms with Crippen molar-refractivity contribution in [1.29, 1.82) is 0 Å². The van der Waals surface area contributed by atoms with E-state index in [9.17, 15) is 0 Å². The lowest BCUT2D eigenvalue weighted by atomic mass is 9.96. The Kier molecular flexibility index (Phi) is 5.75. The fourth-order valence-electron chi connectivity index (χ4n) is 4.01. The van der Waals surface area contributed by atoms with Gasteiger partial charge in [0.25, 0.3) is 0 Å². The van der Waals surface area contributed by atoms with Crippen LogP contribution in [0.25, 0.3) is 0 Å². The standard InChI is InChI=1S/C18H31N3/c1-2-11-20(12-3-1)16-18-8-6-13-21(17-18)15-7-14-19-9-4-5-10-19/h4-5,9-10,18H,1-3,6-8,11-17H2. The molecule has 3 nitrogen and oxygen atoms in total. The van der Waals surface area contributed by atoms with Crippen LogP contribution in [0.1, 0.15) is 38.5 Å². The summed E-state index contributed by atoms with van der Waals surface area (Å²) in [5.41, 5.74) is 0. The fraction of sp³-hybridized carbons (Fsp3) is 0.778. The molecule has 1 unspecified atom stereocenters. The summed E-state index contributed by atoms with van der Waals surface area (Å²) in [6.45, 7) is 9.15. The zero-order chi connectivity index (χ0) is 14.3. The van der Waals surface area contributed by atoms with E-state index in [1.54, 1.807) is 0 Å². The molecule has 2 aliphatic heterocycles. The number of hydrogen-bond acceptors (Lipinski definition) is 2. The van der Waals surface area contributed by atoms with E-state index >= 15 is 0 Å².